The highest BCUT2D eigenvalue weighted by molar-refractivity contribution is 6.11. The van der Waals surface area contributed by atoms with Gasteiger partial charge in [-0.2, -0.15) is 4.90 Å². The number of aromatic nitrogens is 1. The van der Waals surface area contributed by atoms with Gasteiger partial charge in [0.1, 0.15) is 11.2 Å². The molecule has 10 heteroatoms. The minimum Gasteiger partial charge on any atom is -0.480 e. The van der Waals surface area contributed by atoms with Crippen molar-refractivity contribution in [3.8, 4) is 11.1 Å². The predicted octanol–water partition coefficient (Wildman–Crippen LogP) is 4.68. The summed E-state index contributed by atoms with van der Waals surface area (Å²) in [7, 11) is 0. The van der Waals surface area contributed by atoms with Crippen LogP contribution in [0.25, 0.3) is 11.1 Å². The van der Waals surface area contributed by atoms with Gasteiger partial charge in [-0.05, 0) is 59.2 Å². The third kappa shape index (κ3) is 6.77. The lowest BCUT2D eigenvalue weighted by atomic mass is 10.0. The number of carboxylic acids is 2. The molecule has 0 aliphatic rings. The highest BCUT2D eigenvalue weighted by Crippen LogP contribution is 2.33. The van der Waals surface area contributed by atoms with E-state index in [1.54, 1.807) is 71.9 Å². The number of amides is 2. The van der Waals surface area contributed by atoms with E-state index >= 15 is 0 Å². The first-order valence-corrected chi connectivity index (χ1v) is 10.4. The third-order valence-electron chi connectivity index (χ3n) is 4.14. The van der Waals surface area contributed by atoms with Gasteiger partial charge in [0.15, 0.2) is 11.7 Å². The Morgan fingerprint density at radius 1 is 0.794 bits per heavy atom. The standard InChI is InChI=1S/C24H28N2O8/c1-23(2,3)33-21(31)26(22(32)34-24(4,5)6)18-15(14-10-8-7-9-11-14)12-13-16(25-18)17(19(27)28)20(29)30/h7-13,17H,1-6H3,(H,27,28)(H,29,30). The van der Waals surface area contributed by atoms with Crippen molar-refractivity contribution >= 4 is 29.9 Å². The SMILES string of the molecule is CC(C)(C)OC(=O)N(C(=O)OC(C)(C)C)c1nc(C(C(=O)O)C(=O)O)ccc1-c1ccccc1. The summed E-state index contributed by atoms with van der Waals surface area (Å²) in [6.07, 6.45) is -2.24. The number of ether oxygens (including phenoxy) is 2. The second kappa shape index (κ2) is 9.90. The van der Waals surface area contributed by atoms with Crippen molar-refractivity contribution in [2.24, 2.45) is 0 Å². The van der Waals surface area contributed by atoms with Gasteiger partial charge in [-0.15, -0.1) is 0 Å². The number of hydrogen-bond donors (Lipinski definition) is 2. The minimum absolute atomic E-state index is 0.260. The number of nitrogens with zero attached hydrogens (tertiary/aromatic N) is 2. The smallest absolute Gasteiger partial charge is 0.425 e. The summed E-state index contributed by atoms with van der Waals surface area (Å²) in [5.74, 6) is -5.65. The van der Waals surface area contributed by atoms with Crippen LogP contribution in [0.1, 0.15) is 53.2 Å². The van der Waals surface area contributed by atoms with Gasteiger partial charge in [-0.1, -0.05) is 30.3 Å². The molecule has 0 radical (unpaired) electrons. The van der Waals surface area contributed by atoms with Gasteiger partial charge in [0, 0.05) is 5.56 Å². The van der Waals surface area contributed by atoms with Crippen LogP contribution in [0.3, 0.4) is 0 Å². The lowest BCUT2D eigenvalue weighted by molar-refractivity contribution is -0.150. The maximum absolute atomic E-state index is 13.1. The normalized spacial score (nSPS) is 11.6. The van der Waals surface area contributed by atoms with Crippen molar-refractivity contribution in [1.82, 2.24) is 4.98 Å². The summed E-state index contributed by atoms with van der Waals surface area (Å²) < 4.78 is 10.8. The van der Waals surface area contributed by atoms with Gasteiger partial charge in [-0.3, -0.25) is 9.59 Å². The topological polar surface area (TPSA) is 143 Å². The summed E-state index contributed by atoms with van der Waals surface area (Å²) >= 11 is 0. The van der Waals surface area contributed by atoms with Crippen LogP contribution in [0.2, 0.25) is 0 Å². The highest BCUT2D eigenvalue weighted by atomic mass is 16.6. The average molecular weight is 472 g/mol. The lowest BCUT2D eigenvalue weighted by Gasteiger charge is -2.29. The third-order valence-corrected chi connectivity index (χ3v) is 4.14. The quantitative estimate of drug-likeness (QED) is 0.593. The molecule has 2 N–H and O–H groups in total. The lowest BCUT2D eigenvalue weighted by Crippen LogP contribution is -2.44. The van der Waals surface area contributed by atoms with Crippen LogP contribution < -0.4 is 4.90 Å². The summed E-state index contributed by atoms with van der Waals surface area (Å²) in [4.78, 5) is 54.2. The first kappa shape index (κ1) is 26.3. The Bertz CT molecular complexity index is 1040. The minimum atomic E-state index is -2.03. The Morgan fingerprint density at radius 2 is 1.26 bits per heavy atom. The van der Waals surface area contributed by atoms with Gasteiger partial charge in [0.25, 0.3) is 0 Å². The van der Waals surface area contributed by atoms with E-state index in [1.807, 2.05) is 0 Å². The Hall–Kier alpha value is -3.95. The zero-order chi connectivity index (χ0) is 25.8. The van der Waals surface area contributed by atoms with Gasteiger partial charge < -0.3 is 19.7 Å². The van der Waals surface area contributed by atoms with Crippen LogP contribution in [-0.2, 0) is 19.1 Å². The number of benzene rings is 1. The molecule has 0 saturated carbocycles. The van der Waals surface area contributed by atoms with Crippen LogP contribution in [0, 0.1) is 0 Å². The number of pyridine rings is 1. The molecule has 2 aromatic rings. The number of imide groups is 1. The van der Waals surface area contributed by atoms with E-state index in [0.717, 1.165) is 0 Å². The van der Waals surface area contributed by atoms with Crippen LogP contribution in [0.4, 0.5) is 15.4 Å². The number of carboxylic acid groups (broad SMARTS) is 2. The molecule has 0 saturated heterocycles. The molecule has 0 aliphatic heterocycles. The van der Waals surface area contributed by atoms with Crippen LogP contribution >= 0.6 is 0 Å². The van der Waals surface area contributed by atoms with Gasteiger partial charge in [0.2, 0.25) is 0 Å². The van der Waals surface area contributed by atoms with E-state index in [4.69, 9.17) is 9.47 Å². The summed E-state index contributed by atoms with van der Waals surface area (Å²) in [5, 5.41) is 18.8. The van der Waals surface area contributed by atoms with Gasteiger partial charge in [0.05, 0.1) is 5.69 Å². The van der Waals surface area contributed by atoms with E-state index < -0.39 is 41.2 Å². The first-order chi connectivity index (χ1) is 15.6. The molecule has 2 amide bonds. The summed E-state index contributed by atoms with van der Waals surface area (Å²) in [6.45, 7) is 9.61. The van der Waals surface area contributed by atoms with Crippen LogP contribution in [0.5, 0.6) is 0 Å². The molecular formula is C24H28N2O8. The molecular weight excluding hydrogens is 444 g/mol. The largest absolute Gasteiger partial charge is 0.480 e. The molecule has 182 valence electrons. The molecule has 0 unspecified atom stereocenters. The van der Waals surface area contributed by atoms with Crippen molar-refractivity contribution in [3.63, 3.8) is 0 Å². The van der Waals surface area contributed by atoms with Gasteiger partial charge in [-0.25, -0.2) is 14.6 Å². The molecule has 0 fully saturated rings. The zero-order valence-electron chi connectivity index (χ0n) is 19.9. The fourth-order valence-electron chi connectivity index (χ4n) is 2.86. The van der Waals surface area contributed by atoms with E-state index in [1.165, 1.54) is 12.1 Å². The van der Waals surface area contributed by atoms with Crippen LogP contribution in [0.15, 0.2) is 42.5 Å². The Morgan fingerprint density at radius 3 is 1.68 bits per heavy atom. The molecule has 0 aliphatic carbocycles. The molecule has 0 bridgehead atoms. The molecule has 10 nitrogen and oxygen atoms in total. The maximum atomic E-state index is 13.1. The second-order valence-electron chi connectivity index (χ2n) is 9.38. The molecule has 0 atom stereocenters. The Labute approximate surface area is 197 Å². The highest BCUT2D eigenvalue weighted by Gasteiger charge is 2.37. The van der Waals surface area contributed by atoms with E-state index in [-0.39, 0.29) is 17.1 Å². The van der Waals surface area contributed by atoms with Crippen molar-refractivity contribution in [1.29, 1.82) is 0 Å². The van der Waals surface area contributed by atoms with E-state index in [2.05, 4.69) is 4.98 Å². The average Bonchev–Trinajstić information content (AvgIpc) is 2.65. The Balaban J connectivity index is 2.81. The second-order valence-corrected chi connectivity index (χ2v) is 9.38. The van der Waals surface area contributed by atoms with Gasteiger partial charge >= 0.3 is 24.1 Å². The number of aliphatic carboxylic acids is 2. The molecule has 1 aromatic heterocycles. The fourth-order valence-corrected chi connectivity index (χ4v) is 2.86. The molecule has 1 aromatic carbocycles. The first-order valence-electron chi connectivity index (χ1n) is 10.4. The van der Waals surface area contributed by atoms with Crippen LogP contribution in [-0.4, -0.2) is 50.5 Å². The molecule has 0 spiro atoms. The number of carbonyl (C=O) groups excluding carboxylic acids is 2. The summed E-state index contributed by atoms with van der Waals surface area (Å²) in [6, 6.07) is 11.2. The van der Waals surface area contributed by atoms with Crippen molar-refractivity contribution in [2.75, 3.05) is 4.90 Å². The fraction of sp³-hybridized carbons (Fsp3) is 0.375. The zero-order valence-corrected chi connectivity index (χ0v) is 19.9. The Kier molecular flexibility index (Phi) is 7.66. The predicted molar refractivity (Wildman–Crippen MR) is 123 cm³/mol. The van der Waals surface area contributed by atoms with E-state index in [9.17, 15) is 29.4 Å². The molecule has 2 rings (SSSR count). The monoisotopic (exact) mass is 472 g/mol. The number of carbonyl (C=O) groups is 4. The van der Waals surface area contributed by atoms with E-state index in [0.29, 0.717) is 10.5 Å². The van der Waals surface area contributed by atoms with Crippen molar-refractivity contribution in [3.05, 3.63) is 48.2 Å². The summed E-state index contributed by atoms with van der Waals surface area (Å²) in [5.41, 5.74) is -1.57. The van der Waals surface area contributed by atoms with Crippen molar-refractivity contribution in [2.45, 2.75) is 58.7 Å². The molecule has 1 heterocycles. The number of anilines is 1. The molecule has 34 heavy (non-hydrogen) atoms. The number of hydrogen-bond acceptors (Lipinski definition) is 7. The van der Waals surface area contributed by atoms with Crippen molar-refractivity contribution < 1.29 is 38.9 Å². The maximum Gasteiger partial charge on any atom is 0.425 e. The number of rotatable bonds is 5.